The van der Waals surface area contributed by atoms with Gasteiger partial charge in [-0.15, -0.1) is 11.8 Å². The number of hydrogen-bond acceptors (Lipinski definition) is 5. The summed E-state index contributed by atoms with van der Waals surface area (Å²) < 4.78 is 5.23. The Kier molecular flexibility index (Phi) is 3.37. The van der Waals surface area contributed by atoms with Crippen molar-refractivity contribution >= 4 is 11.8 Å². The highest BCUT2D eigenvalue weighted by atomic mass is 32.2. The van der Waals surface area contributed by atoms with E-state index in [0.29, 0.717) is 0 Å². The third-order valence-electron chi connectivity index (χ3n) is 2.04. The summed E-state index contributed by atoms with van der Waals surface area (Å²) in [5.74, 6) is 0. The van der Waals surface area contributed by atoms with Gasteiger partial charge in [-0.2, -0.15) is 0 Å². The number of ether oxygens (including phenoxy) is 1. The van der Waals surface area contributed by atoms with Crippen molar-refractivity contribution in [1.82, 2.24) is 0 Å². The van der Waals surface area contributed by atoms with Gasteiger partial charge in [0, 0.05) is 0 Å². The van der Waals surface area contributed by atoms with Crippen molar-refractivity contribution in [2.45, 2.75) is 36.8 Å². The number of thioether (sulfide) groups is 1. The zero-order valence-electron chi connectivity index (χ0n) is 7.04. The quantitative estimate of drug-likeness (QED) is 0.508. The fourth-order valence-electron chi connectivity index (χ4n) is 1.21. The second kappa shape index (κ2) is 3.93. The molecule has 5 heteroatoms. The van der Waals surface area contributed by atoms with E-state index < -0.39 is 29.9 Å². The van der Waals surface area contributed by atoms with E-state index in [0.717, 1.165) is 0 Å². The average molecular weight is 194 g/mol. The van der Waals surface area contributed by atoms with Gasteiger partial charge in [-0.05, 0) is 13.2 Å². The molecule has 72 valence electrons. The summed E-state index contributed by atoms with van der Waals surface area (Å²) in [6.45, 7) is 1.67. The minimum absolute atomic E-state index is 0.430. The van der Waals surface area contributed by atoms with Gasteiger partial charge in [0.05, 0.1) is 6.10 Å². The van der Waals surface area contributed by atoms with Gasteiger partial charge in [-0.3, -0.25) is 0 Å². The molecule has 0 bridgehead atoms. The molecule has 12 heavy (non-hydrogen) atoms. The Labute approximate surface area is 75.5 Å². The van der Waals surface area contributed by atoms with Gasteiger partial charge in [0.25, 0.3) is 0 Å². The fourth-order valence-corrected chi connectivity index (χ4v) is 1.93. The molecule has 1 heterocycles. The van der Waals surface area contributed by atoms with Gasteiger partial charge in [0.2, 0.25) is 0 Å². The summed E-state index contributed by atoms with van der Waals surface area (Å²) in [6.07, 6.45) is -1.76. The van der Waals surface area contributed by atoms with Crippen LogP contribution in [0.25, 0.3) is 0 Å². The van der Waals surface area contributed by atoms with E-state index in [4.69, 9.17) is 4.74 Å². The van der Waals surface area contributed by atoms with Gasteiger partial charge in [0.15, 0.2) is 0 Å². The van der Waals surface area contributed by atoms with Crippen LogP contribution in [-0.4, -0.2) is 51.4 Å². The molecule has 4 nitrogen and oxygen atoms in total. The Balaban J connectivity index is 2.63. The van der Waals surface area contributed by atoms with Crippen LogP contribution in [0, 0.1) is 0 Å². The fraction of sp³-hybridized carbons (Fsp3) is 1.00. The van der Waals surface area contributed by atoms with E-state index >= 15 is 0 Å². The number of aliphatic hydroxyl groups is 3. The molecule has 0 unspecified atom stereocenters. The first kappa shape index (κ1) is 10.3. The smallest absolute Gasteiger partial charge is 0.132 e. The van der Waals surface area contributed by atoms with E-state index in [1.165, 1.54) is 11.8 Å². The molecule has 5 atom stereocenters. The summed E-state index contributed by atoms with van der Waals surface area (Å²) in [7, 11) is 0. The molecule has 3 N–H and O–H groups in total. The SMILES string of the molecule is CS[C@H]1O[C@@H](C)[C@@H](O)[C@@H](O)[C@@H]1O. The second-order valence-corrected chi connectivity index (χ2v) is 3.85. The summed E-state index contributed by atoms with van der Waals surface area (Å²) in [5, 5.41) is 28.0. The van der Waals surface area contributed by atoms with E-state index in [2.05, 4.69) is 0 Å². The number of hydrogen-bond donors (Lipinski definition) is 3. The van der Waals surface area contributed by atoms with E-state index in [1.807, 2.05) is 0 Å². The van der Waals surface area contributed by atoms with Crippen LogP contribution in [-0.2, 0) is 4.74 Å². The second-order valence-electron chi connectivity index (χ2n) is 2.92. The maximum atomic E-state index is 9.37. The molecule has 0 aromatic rings. The van der Waals surface area contributed by atoms with E-state index in [9.17, 15) is 15.3 Å². The molecule has 0 aromatic heterocycles. The normalized spacial score (nSPS) is 49.2. The van der Waals surface area contributed by atoms with Gasteiger partial charge in [-0.25, -0.2) is 0 Å². The highest BCUT2D eigenvalue weighted by Crippen LogP contribution is 2.26. The zero-order valence-corrected chi connectivity index (χ0v) is 7.86. The first-order valence-electron chi connectivity index (χ1n) is 3.80. The zero-order chi connectivity index (χ0) is 9.30. The highest BCUT2D eigenvalue weighted by molar-refractivity contribution is 7.99. The number of aliphatic hydroxyl groups excluding tert-OH is 3. The lowest BCUT2D eigenvalue weighted by Gasteiger charge is -2.38. The van der Waals surface area contributed by atoms with Crippen LogP contribution in [0.3, 0.4) is 0 Å². The van der Waals surface area contributed by atoms with E-state index in [-0.39, 0.29) is 0 Å². The van der Waals surface area contributed by atoms with E-state index in [1.54, 1.807) is 13.2 Å². The van der Waals surface area contributed by atoms with Crippen molar-refractivity contribution in [3.05, 3.63) is 0 Å². The maximum absolute atomic E-state index is 9.37. The Morgan fingerprint density at radius 1 is 1.08 bits per heavy atom. The summed E-state index contributed by atoms with van der Waals surface area (Å²) in [4.78, 5) is 0. The monoisotopic (exact) mass is 194 g/mol. The molecule has 1 aliphatic rings. The summed E-state index contributed by atoms with van der Waals surface area (Å²) in [5.41, 5.74) is -0.446. The van der Waals surface area contributed by atoms with Gasteiger partial charge < -0.3 is 20.1 Å². The average Bonchev–Trinajstić information content (AvgIpc) is 2.08. The highest BCUT2D eigenvalue weighted by Gasteiger charge is 2.41. The van der Waals surface area contributed by atoms with Gasteiger partial charge in [-0.1, -0.05) is 0 Å². The van der Waals surface area contributed by atoms with Crippen LogP contribution in [0.5, 0.6) is 0 Å². The molecular formula is C7H14O4S. The molecule has 0 aromatic carbocycles. The molecule has 1 fully saturated rings. The van der Waals surface area contributed by atoms with Crippen LogP contribution in [0.4, 0.5) is 0 Å². The molecule has 0 saturated carbocycles. The van der Waals surface area contributed by atoms with Crippen LogP contribution < -0.4 is 0 Å². The Hall–Kier alpha value is 0.190. The molecule has 0 radical (unpaired) electrons. The lowest BCUT2D eigenvalue weighted by molar-refractivity contribution is -0.192. The first-order chi connectivity index (χ1) is 5.57. The standard InChI is InChI=1S/C7H14O4S/c1-3-4(8)5(9)6(10)7(11-3)12-2/h3-10H,1-2H3/t3-,4+,5+,6-,7+/m0/s1. The lowest BCUT2D eigenvalue weighted by atomic mass is 10.0. The molecular weight excluding hydrogens is 180 g/mol. The lowest BCUT2D eigenvalue weighted by Crippen LogP contribution is -2.55. The largest absolute Gasteiger partial charge is 0.388 e. The molecule has 0 amide bonds. The third kappa shape index (κ3) is 1.75. The molecule has 1 aliphatic heterocycles. The number of rotatable bonds is 1. The molecule has 1 rings (SSSR count). The van der Waals surface area contributed by atoms with Crippen molar-refractivity contribution in [1.29, 1.82) is 0 Å². The topological polar surface area (TPSA) is 69.9 Å². The summed E-state index contributed by atoms with van der Waals surface area (Å²) >= 11 is 1.32. The summed E-state index contributed by atoms with van der Waals surface area (Å²) in [6, 6.07) is 0. The molecule has 0 aliphatic carbocycles. The van der Waals surface area contributed by atoms with Crippen molar-refractivity contribution in [2.24, 2.45) is 0 Å². The Morgan fingerprint density at radius 2 is 1.67 bits per heavy atom. The van der Waals surface area contributed by atoms with Gasteiger partial charge >= 0.3 is 0 Å². The van der Waals surface area contributed by atoms with Crippen molar-refractivity contribution in [2.75, 3.05) is 6.26 Å². The first-order valence-corrected chi connectivity index (χ1v) is 5.09. The molecule has 0 spiro atoms. The van der Waals surface area contributed by atoms with Crippen LogP contribution >= 0.6 is 11.8 Å². The van der Waals surface area contributed by atoms with Crippen LogP contribution in [0.15, 0.2) is 0 Å². The van der Waals surface area contributed by atoms with Crippen LogP contribution in [0.2, 0.25) is 0 Å². The Bertz CT molecular complexity index is 150. The third-order valence-corrected chi connectivity index (χ3v) is 2.90. The van der Waals surface area contributed by atoms with Crippen molar-refractivity contribution in [3.8, 4) is 0 Å². The van der Waals surface area contributed by atoms with Crippen molar-refractivity contribution in [3.63, 3.8) is 0 Å². The molecule has 1 saturated heterocycles. The minimum atomic E-state index is -1.11. The minimum Gasteiger partial charge on any atom is -0.388 e. The van der Waals surface area contributed by atoms with Crippen molar-refractivity contribution < 1.29 is 20.1 Å². The van der Waals surface area contributed by atoms with Crippen LogP contribution in [0.1, 0.15) is 6.92 Å². The predicted octanol–water partition coefficient (Wildman–Crippen LogP) is -0.823. The van der Waals surface area contributed by atoms with Gasteiger partial charge in [0.1, 0.15) is 23.7 Å². The Morgan fingerprint density at radius 3 is 2.17 bits per heavy atom. The maximum Gasteiger partial charge on any atom is 0.132 e. The predicted molar refractivity (Wildman–Crippen MR) is 45.9 cm³/mol.